The summed E-state index contributed by atoms with van der Waals surface area (Å²) >= 11 is 0. The molecular weight excluding hydrogens is 452 g/mol. The maximum Gasteiger partial charge on any atom is 0.431 e. The minimum absolute atomic E-state index is 0.149. The zero-order valence-electron chi connectivity index (χ0n) is 14.1. The highest BCUT2D eigenvalue weighted by atomic mass is 32.2. The van der Waals surface area contributed by atoms with Crippen LogP contribution in [-0.2, 0) is 29.2 Å². The van der Waals surface area contributed by atoms with Gasteiger partial charge in [0, 0.05) is 6.92 Å². The van der Waals surface area contributed by atoms with Gasteiger partial charge in [0.2, 0.25) is 6.10 Å². The highest BCUT2D eigenvalue weighted by Crippen LogP contribution is 2.34. The molecule has 0 saturated carbocycles. The van der Waals surface area contributed by atoms with Gasteiger partial charge in [-0.1, -0.05) is 11.8 Å². The maximum absolute atomic E-state index is 12.8. The van der Waals surface area contributed by atoms with Crippen LogP contribution in [0.15, 0.2) is 0 Å². The molecule has 29 heavy (non-hydrogen) atoms. The van der Waals surface area contributed by atoms with E-state index >= 15 is 0 Å². The minimum Gasteiger partial charge on any atom is -0.451 e. The fourth-order valence-electron chi connectivity index (χ4n) is 1.49. The molecule has 0 aliphatic heterocycles. The van der Waals surface area contributed by atoms with Crippen molar-refractivity contribution in [3.8, 4) is 11.8 Å². The average Bonchev–Trinajstić information content (AvgIpc) is 2.44. The van der Waals surface area contributed by atoms with Gasteiger partial charge in [-0.2, -0.15) is 34.8 Å². The molecule has 16 heteroatoms. The number of rotatable bonds is 7. The van der Waals surface area contributed by atoms with E-state index in [0.717, 1.165) is 0 Å². The number of carbonyl (C=O) groups excluding carboxylic acids is 2. The topological polar surface area (TPSA) is 107 Å². The van der Waals surface area contributed by atoms with Crippen LogP contribution in [0.25, 0.3) is 0 Å². The van der Waals surface area contributed by atoms with Crippen molar-refractivity contribution in [2.45, 2.75) is 50.2 Å². The van der Waals surface area contributed by atoms with E-state index < -0.39 is 71.1 Å². The minimum atomic E-state index is -5.59. The monoisotopic (exact) mass is 464 g/mol. The van der Waals surface area contributed by atoms with Crippen LogP contribution >= 0.6 is 0 Å². The van der Waals surface area contributed by atoms with Gasteiger partial charge in [0.05, 0.1) is 0 Å². The molecule has 2 unspecified atom stereocenters. The molecule has 0 fully saturated rings. The summed E-state index contributed by atoms with van der Waals surface area (Å²) in [7, 11) is -5.17. The third kappa shape index (κ3) is 11.4. The summed E-state index contributed by atoms with van der Waals surface area (Å²) in [6, 6.07) is 0. The second-order valence-electron chi connectivity index (χ2n) is 5.34. The van der Waals surface area contributed by atoms with Crippen molar-refractivity contribution in [2.24, 2.45) is 0 Å². The molecule has 0 aromatic heterocycles. The number of halogens is 8. The lowest BCUT2D eigenvalue weighted by Crippen LogP contribution is -2.46. The molecule has 2 atom stereocenters. The molecule has 0 saturated heterocycles. The van der Waals surface area contributed by atoms with Gasteiger partial charge < -0.3 is 9.47 Å². The van der Waals surface area contributed by atoms with E-state index in [1.165, 1.54) is 0 Å². The van der Waals surface area contributed by atoms with Gasteiger partial charge in [-0.15, -0.1) is 0 Å². The Morgan fingerprint density at radius 3 is 1.62 bits per heavy atom. The Bertz CT molecular complexity index is 741. The van der Waals surface area contributed by atoms with Crippen molar-refractivity contribution in [2.75, 3.05) is 5.75 Å². The Morgan fingerprint density at radius 2 is 1.31 bits per heavy atom. The number of alkyl halides is 8. The molecule has 0 aliphatic carbocycles. The van der Waals surface area contributed by atoms with Crippen LogP contribution in [0.1, 0.15) is 19.8 Å². The van der Waals surface area contributed by atoms with E-state index in [-0.39, 0.29) is 6.92 Å². The first-order valence-corrected chi connectivity index (χ1v) is 8.65. The van der Waals surface area contributed by atoms with Crippen LogP contribution in [0.4, 0.5) is 35.1 Å². The molecule has 0 rings (SSSR count). The van der Waals surface area contributed by atoms with Crippen LogP contribution in [0.3, 0.4) is 0 Å². The standard InChI is InChI=1S/C13H12F8O7S/c1-11(14,15)10(13(19,20)21)28-9(23)5-3-2-4-8(22)27-7(12(16,17)18)6-29(24,25)26/h7,10H,4-6H2,1H3,(H,24,25,26). The highest BCUT2D eigenvalue weighted by molar-refractivity contribution is 7.85. The van der Waals surface area contributed by atoms with E-state index in [1.54, 1.807) is 11.8 Å². The molecule has 0 aromatic carbocycles. The number of ether oxygens (including phenoxy) is 2. The summed E-state index contributed by atoms with van der Waals surface area (Å²) in [6.07, 6.45) is -20.3. The Kier molecular flexibility index (Phi) is 8.86. The van der Waals surface area contributed by atoms with Gasteiger partial charge in [-0.05, 0) is 0 Å². The molecule has 0 bridgehead atoms. The van der Waals surface area contributed by atoms with Crippen molar-refractivity contribution in [1.29, 1.82) is 0 Å². The molecule has 0 spiro atoms. The fourth-order valence-corrected chi connectivity index (χ4v) is 2.13. The van der Waals surface area contributed by atoms with Crippen molar-refractivity contribution in [3.05, 3.63) is 0 Å². The van der Waals surface area contributed by atoms with Crippen molar-refractivity contribution in [1.82, 2.24) is 0 Å². The van der Waals surface area contributed by atoms with Crippen LogP contribution in [0.2, 0.25) is 0 Å². The zero-order chi connectivity index (χ0) is 23.3. The summed E-state index contributed by atoms with van der Waals surface area (Å²) in [5, 5.41) is 0. The summed E-state index contributed by atoms with van der Waals surface area (Å²) in [4.78, 5) is 22.3. The normalized spacial score (nSPS) is 15.0. The van der Waals surface area contributed by atoms with E-state index in [4.69, 9.17) is 4.55 Å². The first-order valence-electron chi connectivity index (χ1n) is 7.04. The lowest BCUT2D eigenvalue weighted by Gasteiger charge is -2.25. The molecule has 0 radical (unpaired) electrons. The molecule has 0 amide bonds. The predicted molar refractivity (Wildman–Crippen MR) is 75.9 cm³/mol. The quantitative estimate of drug-likeness (QED) is 0.267. The molecule has 0 aromatic rings. The summed E-state index contributed by atoms with van der Waals surface area (Å²) in [6.45, 7) is -0.149. The number of carbonyl (C=O) groups is 2. The molecular formula is C13H12F8O7S. The van der Waals surface area contributed by atoms with Crippen LogP contribution < -0.4 is 0 Å². The van der Waals surface area contributed by atoms with Crippen molar-refractivity contribution >= 4 is 22.1 Å². The van der Waals surface area contributed by atoms with Crippen molar-refractivity contribution in [3.63, 3.8) is 0 Å². The van der Waals surface area contributed by atoms with E-state index in [0.29, 0.717) is 0 Å². The Morgan fingerprint density at radius 1 is 0.897 bits per heavy atom. The second kappa shape index (κ2) is 9.57. The van der Waals surface area contributed by atoms with Gasteiger partial charge in [-0.3, -0.25) is 14.1 Å². The summed E-state index contributed by atoms with van der Waals surface area (Å²) < 4.78 is 137. The number of hydrogen-bond acceptors (Lipinski definition) is 6. The van der Waals surface area contributed by atoms with Gasteiger partial charge in [0.1, 0.15) is 18.6 Å². The zero-order valence-corrected chi connectivity index (χ0v) is 14.9. The fraction of sp³-hybridized carbons (Fsp3) is 0.692. The maximum atomic E-state index is 12.8. The van der Waals surface area contributed by atoms with Gasteiger partial charge >= 0.3 is 24.3 Å². The third-order valence-corrected chi connectivity index (χ3v) is 3.32. The SMILES string of the molecule is CC(F)(F)C(OC(=O)CC#CCC(=O)OC(CS(=O)(=O)O)C(F)(F)F)C(F)(F)F. The molecule has 1 N–H and O–H groups in total. The largest absolute Gasteiger partial charge is 0.451 e. The predicted octanol–water partition coefficient (Wildman–Crippen LogP) is 2.26. The highest BCUT2D eigenvalue weighted by Gasteiger charge is 2.56. The van der Waals surface area contributed by atoms with Gasteiger partial charge in [-0.25, -0.2) is 8.78 Å². The van der Waals surface area contributed by atoms with E-state index in [1.807, 2.05) is 0 Å². The van der Waals surface area contributed by atoms with Crippen LogP contribution in [0, 0.1) is 11.8 Å². The van der Waals surface area contributed by atoms with Crippen LogP contribution in [-0.4, -0.2) is 61.1 Å². The second-order valence-corrected chi connectivity index (χ2v) is 6.84. The molecule has 0 heterocycles. The Labute approximate surface area is 158 Å². The molecule has 0 aliphatic rings. The number of hydrogen-bond donors (Lipinski definition) is 1. The number of esters is 2. The van der Waals surface area contributed by atoms with Crippen molar-refractivity contribution < 1.29 is 67.2 Å². The first kappa shape index (κ1) is 26.9. The molecule has 168 valence electrons. The average molecular weight is 464 g/mol. The Balaban J connectivity index is 4.83. The van der Waals surface area contributed by atoms with E-state index in [2.05, 4.69) is 9.47 Å². The Hall–Kier alpha value is -2.15. The lowest BCUT2D eigenvalue weighted by atomic mass is 10.2. The lowest BCUT2D eigenvalue weighted by molar-refractivity contribution is -0.272. The third-order valence-electron chi connectivity index (χ3n) is 2.60. The summed E-state index contributed by atoms with van der Waals surface area (Å²) in [5.41, 5.74) is 0. The first-order chi connectivity index (χ1) is 12.7. The van der Waals surface area contributed by atoms with Crippen LogP contribution in [0.5, 0.6) is 0 Å². The van der Waals surface area contributed by atoms with Gasteiger partial charge in [0.15, 0.2) is 0 Å². The smallest absolute Gasteiger partial charge is 0.431 e. The van der Waals surface area contributed by atoms with Gasteiger partial charge in [0.25, 0.3) is 22.1 Å². The summed E-state index contributed by atoms with van der Waals surface area (Å²) in [5.74, 6) is -6.65. The molecule has 7 nitrogen and oxygen atoms in total. The van der Waals surface area contributed by atoms with E-state index in [9.17, 15) is 53.1 Å².